The summed E-state index contributed by atoms with van der Waals surface area (Å²) in [7, 11) is 1.58. The Morgan fingerprint density at radius 1 is 1.32 bits per heavy atom. The molecule has 1 aromatic heterocycles. The molecule has 37 heavy (non-hydrogen) atoms. The van der Waals surface area contributed by atoms with E-state index in [1.807, 2.05) is 30.3 Å². The number of aromatic nitrogens is 1. The van der Waals surface area contributed by atoms with E-state index in [4.69, 9.17) is 10.00 Å². The number of halogens is 1. The Balaban J connectivity index is 1.29. The third-order valence-corrected chi connectivity index (χ3v) is 8.20. The van der Waals surface area contributed by atoms with E-state index in [0.717, 1.165) is 42.0 Å². The van der Waals surface area contributed by atoms with Crippen LogP contribution in [-0.4, -0.2) is 53.5 Å². The molecule has 8 heteroatoms. The van der Waals surface area contributed by atoms with E-state index in [2.05, 4.69) is 16.0 Å². The maximum Gasteiger partial charge on any atom is 0.308 e. The molecule has 1 unspecified atom stereocenters. The van der Waals surface area contributed by atoms with Crippen molar-refractivity contribution in [3.05, 3.63) is 65.9 Å². The molecule has 3 aromatic rings. The van der Waals surface area contributed by atoms with Crippen molar-refractivity contribution in [2.75, 3.05) is 32.5 Å². The van der Waals surface area contributed by atoms with Gasteiger partial charge in [0.15, 0.2) is 0 Å². The first-order chi connectivity index (χ1) is 18.0. The predicted molar refractivity (Wildman–Crippen MR) is 144 cm³/mol. The molecule has 1 fully saturated rings. The van der Waals surface area contributed by atoms with Crippen LogP contribution < -0.4 is 4.74 Å². The number of fused-ring (bicyclic) bond motifs is 1. The molecule has 0 spiro atoms. The van der Waals surface area contributed by atoms with Crippen LogP contribution in [0.25, 0.3) is 10.9 Å². The zero-order valence-corrected chi connectivity index (χ0v) is 21.8. The minimum atomic E-state index is -1.19. The molecule has 0 radical (unpaired) electrons. The van der Waals surface area contributed by atoms with Gasteiger partial charge in [-0.1, -0.05) is 6.07 Å². The number of alkyl halides is 1. The normalized spacial score (nSPS) is 18.8. The van der Waals surface area contributed by atoms with Crippen LogP contribution in [0, 0.1) is 23.2 Å². The van der Waals surface area contributed by atoms with Gasteiger partial charge in [0.2, 0.25) is 0 Å². The summed E-state index contributed by atoms with van der Waals surface area (Å²) in [5, 5.41) is 19.7. The number of thioether (sulfide) groups is 1. The third kappa shape index (κ3) is 7.00. The molecule has 4 rings (SSSR count). The Kier molecular flexibility index (Phi) is 9.37. The number of rotatable bonds is 11. The fraction of sp³-hybridized carbons (Fsp3) is 0.414. The minimum Gasteiger partial charge on any atom is -0.497 e. The number of carbonyl (C=O) groups is 1. The number of nitriles is 1. The van der Waals surface area contributed by atoms with Crippen LogP contribution in [-0.2, 0) is 4.79 Å². The molecular formula is C29H32FN3O3S. The summed E-state index contributed by atoms with van der Waals surface area (Å²) >= 11 is 1.71. The first-order valence-corrected chi connectivity index (χ1v) is 13.6. The first-order valence-electron chi connectivity index (χ1n) is 12.6. The van der Waals surface area contributed by atoms with Gasteiger partial charge < -0.3 is 14.7 Å². The lowest BCUT2D eigenvalue weighted by molar-refractivity contribution is -0.146. The molecule has 1 aliphatic heterocycles. The van der Waals surface area contributed by atoms with Crippen molar-refractivity contribution in [2.24, 2.45) is 11.8 Å². The van der Waals surface area contributed by atoms with Crippen LogP contribution in [0.15, 0.2) is 59.6 Å². The highest BCUT2D eigenvalue weighted by Gasteiger charge is 2.34. The van der Waals surface area contributed by atoms with Crippen LogP contribution in [0.2, 0.25) is 0 Å². The monoisotopic (exact) mass is 521 g/mol. The minimum absolute atomic E-state index is 0.0438. The quantitative estimate of drug-likeness (QED) is 0.241. The summed E-state index contributed by atoms with van der Waals surface area (Å²) < 4.78 is 20.7. The average molecular weight is 522 g/mol. The van der Waals surface area contributed by atoms with Gasteiger partial charge in [0, 0.05) is 23.0 Å². The maximum atomic E-state index is 15.4. The highest BCUT2D eigenvalue weighted by molar-refractivity contribution is 7.99. The fourth-order valence-electron chi connectivity index (χ4n) is 5.09. The Morgan fingerprint density at radius 2 is 2.19 bits per heavy atom. The zero-order chi connectivity index (χ0) is 26.2. The summed E-state index contributed by atoms with van der Waals surface area (Å²) in [5.74, 6) is 0.224. The maximum absolute atomic E-state index is 15.4. The van der Waals surface area contributed by atoms with Gasteiger partial charge in [-0.15, -0.1) is 11.8 Å². The second kappa shape index (κ2) is 12.9. The Hall–Kier alpha value is -3.15. The SMILES string of the molecule is COc1ccc2nccc(C(F)CC[C@@H]3CCN(CCCSc4cccc(C#N)c4)C[C@@H]3C(=O)O)c2c1. The van der Waals surface area contributed by atoms with Crippen LogP contribution >= 0.6 is 11.8 Å². The van der Waals surface area contributed by atoms with E-state index in [-0.39, 0.29) is 12.3 Å². The number of nitrogens with zero attached hydrogens (tertiary/aromatic N) is 3. The van der Waals surface area contributed by atoms with E-state index < -0.39 is 18.1 Å². The molecule has 3 atom stereocenters. The van der Waals surface area contributed by atoms with Crippen molar-refractivity contribution in [1.82, 2.24) is 9.88 Å². The summed E-state index contributed by atoms with van der Waals surface area (Å²) in [6.07, 6.45) is 2.93. The lowest BCUT2D eigenvalue weighted by atomic mass is 9.81. The van der Waals surface area contributed by atoms with E-state index >= 15 is 4.39 Å². The number of hydrogen-bond acceptors (Lipinski definition) is 6. The van der Waals surface area contributed by atoms with Gasteiger partial charge in [-0.2, -0.15) is 5.26 Å². The molecule has 6 nitrogen and oxygen atoms in total. The molecule has 1 N–H and O–H groups in total. The number of aliphatic carboxylic acids is 1. The Labute approximate surface area is 221 Å². The number of carboxylic acid groups (broad SMARTS) is 1. The average Bonchev–Trinajstić information content (AvgIpc) is 2.93. The number of methoxy groups -OCH3 is 1. The lowest BCUT2D eigenvalue weighted by Gasteiger charge is -2.36. The van der Waals surface area contributed by atoms with Gasteiger partial charge in [0.1, 0.15) is 11.9 Å². The smallest absolute Gasteiger partial charge is 0.308 e. The topological polar surface area (TPSA) is 86.5 Å². The van der Waals surface area contributed by atoms with Crippen molar-refractivity contribution >= 4 is 28.6 Å². The molecule has 0 amide bonds. The standard InChI is InChI=1S/C29H32FN3O3S/c1-36-22-7-9-28-25(17-22)24(10-12-32-28)27(30)8-6-21-11-14-33(19-26(21)29(34)35)13-3-15-37-23-5-2-4-20(16-23)18-31/h2,4-5,7,9-10,12,16-17,21,26-27H,3,6,8,11,13-15,19H2,1H3,(H,34,35)/t21-,26+,27?/m1/s1. The third-order valence-electron chi connectivity index (χ3n) is 7.12. The molecule has 0 aliphatic carbocycles. The van der Waals surface area contributed by atoms with Gasteiger partial charge in [-0.05, 0) is 98.5 Å². The number of ether oxygens (including phenoxy) is 1. The second-order valence-corrected chi connectivity index (χ2v) is 10.6. The number of pyridine rings is 1. The number of hydrogen-bond donors (Lipinski definition) is 1. The fourth-order valence-corrected chi connectivity index (χ4v) is 5.99. The van der Waals surface area contributed by atoms with E-state index in [1.165, 1.54) is 0 Å². The second-order valence-electron chi connectivity index (χ2n) is 9.46. The van der Waals surface area contributed by atoms with Gasteiger partial charge in [-0.3, -0.25) is 9.78 Å². The molecule has 1 aliphatic rings. The molecule has 2 heterocycles. The molecule has 0 bridgehead atoms. The van der Waals surface area contributed by atoms with E-state index in [1.54, 1.807) is 43.3 Å². The predicted octanol–water partition coefficient (Wildman–Crippen LogP) is 6.11. The highest BCUT2D eigenvalue weighted by Crippen LogP contribution is 2.35. The first kappa shape index (κ1) is 26.9. The van der Waals surface area contributed by atoms with Crippen molar-refractivity contribution in [1.29, 1.82) is 5.26 Å². The van der Waals surface area contributed by atoms with Crippen LogP contribution in [0.1, 0.15) is 43.0 Å². The summed E-state index contributed by atoms with van der Waals surface area (Å²) in [6, 6.07) is 16.9. The van der Waals surface area contributed by atoms with Gasteiger partial charge in [0.05, 0.1) is 30.2 Å². The van der Waals surface area contributed by atoms with Crippen molar-refractivity contribution in [2.45, 2.75) is 36.8 Å². The summed E-state index contributed by atoms with van der Waals surface area (Å²) in [6.45, 7) is 2.16. The highest BCUT2D eigenvalue weighted by atomic mass is 32.2. The summed E-state index contributed by atoms with van der Waals surface area (Å²) in [5.41, 5.74) is 1.95. The molecule has 194 valence electrons. The molecule has 2 aromatic carbocycles. The van der Waals surface area contributed by atoms with Crippen LogP contribution in [0.5, 0.6) is 5.75 Å². The van der Waals surface area contributed by atoms with E-state index in [0.29, 0.717) is 35.4 Å². The van der Waals surface area contributed by atoms with Gasteiger partial charge >= 0.3 is 5.97 Å². The lowest BCUT2D eigenvalue weighted by Crippen LogP contribution is -2.44. The molecule has 1 saturated heterocycles. The van der Waals surface area contributed by atoms with Crippen molar-refractivity contribution in [3.8, 4) is 11.8 Å². The largest absolute Gasteiger partial charge is 0.497 e. The number of piperidine rings is 1. The van der Waals surface area contributed by atoms with Crippen molar-refractivity contribution < 1.29 is 19.0 Å². The number of benzene rings is 2. The summed E-state index contributed by atoms with van der Waals surface area (Å²) in [4.78, 5) is 19.7. The van der Waals surface area contributed by atoms with Gasteiger partial charge in [0.25, 0.3) is 0 Å². The molecule has 0 saturated carbocycles. The van der Waals surface area contributed by atoms with Crippen LogP contribution in [0.4, 0.5) is 4.39 Å². The van der Waals surface area contributed by atoms with E-state index in [9.17, 15) is 9.90 Å². The zero-order valence-electron chi connectivity index (χ0n) is 21.0. The van der Waals surface area contributed by atoms with Crippen LogP contribution in [0.3, 0.4) is 0 Å². The number of carboxylic acids is 1. The van der Waals surface area contributed by atoms with Gasteiger partial charge in [-0.25, -0.2) is 4.39 Å². The molecular weight excluding hydrogens is 489 g/mol. The van der Waals surface area contributed by atoms with Crippen molar-refractivity contribution in [3.63, 3.8) is 0 Å². The number of likely N-dealkylation sites (tertiary alicyclic amines) is 1. The Bertz CT molecular complexity index is 1260. The Morgan fingerprint density at radius 3 is 2.97 bits per heavy atom.